The molecular formula is C21H28N2O4. The van der Waals surface area contributed by atoms with Gasteiger partial charge in [-0.15, -0.1) is 0 Å². The van der Waals surface area contributed by atoms with Gasteiger partial charge in [0.15, 0.2) is 17.3 Å². The van der Waals surface area contributed by atoms with Gasteiger partial charge in [-0.2, -0.15) is 0 Å². The molecule has 0 spiro atoms. The van der Waals surface area contributed by atoms with Crippen LogP contribution in [-0.2, 0) is 12.0 Å². The topological polar surface area (TPSA) is 77.9 Å². The van der Waals surface area contributed by atoms with E-state index in [1.807, 2.05) is 19.2 Å². The van der Waals surface area contributed by atoms with E-state index in [1.165, 1.54) is 0 Å². The first-order chi connectivity index (χ1) is 12.7. The van der Waals surface area contributed by atoms with E-state index >= 15 is 0 Å². The number of nitrogens with zero attached hydrogens (tertiary/aromatic N) is 1. The van der Waals surface area contributed by atoms with Gasteiger partial charge in [-0.1, -0.05) is 26.8 Å². The number of amides is 1. The lowest BCUT2D eigenvalue weighted by molar-refractivity contribution is 0.0970. The molecule has 27 heavy (non-hydrogen) atoms. The Kier molecular flexibility index (Phi) is 5.20. The molecular weight excluding hydrogens is 344 g/mol. The molecule has 0 radical (unpaired) electrons. The highest BCUT2D eigenvalue weighted by Crippen LogP contribution is 2.35. The monoisotopic (exact) mass is 372 g/mol. The number of ether oxygens (including phenoxy) is 2. The Morgan fingerprint density at radius 3 is 2.48 bits per heavy atom. The van der Waals surface area contributed by atoms with Crippen LogP contribution in [0.1, 0.15) is 61.2 Å². The molecule has 1 aromatic heterocycles. The molecule has 146 valence electrons. The van der Waals surface area contributed by atoms with Crippen LogP contribution in [-0.4, -0.2) is 31.1 Å². The number of furan rings is 1. The quantitative estimate of drug-likeness (QED) is 0.867. The molecule has 1 unspecified atom stereocenters. The molecule has 1 aliphatic rings. The SMILES string of the molecule is CC(c1ccc2c(c1)OCCO2)N(C)Cc1cc(C(N)=O)oc1C(C)(C)C. The van der Waals surface area contributed by atoms with Gasteiger partial charge in [0.1, 0.15) is 19.0 Å². The fraction of sp³-hybridized carbons (Fsp3) is 0.476. The molecule has 2 N–H and O–H groups in total. The number of rotatable bonds is 5. The number of carbonyl (C=O) groups excluding carboxylic acids is 1. The van der Waals surface area contributed by atoms with E-state index in [0.29, 0.717) is 19.8 Å². The first-order valence-corrected chi connectivity index (χ1v) is 9.19. The highest BCUT2D eigenvalue weighted by atomic mass is 16.6. The van der Waals surface area contributed by atoms with Crippen LogP contribution in [0.3, 0.4) is 0 Å². The van der Waals surface area contributed by atoms with Crippen LogP contribution in [0.15, 0.2) is 28.7 Å². The zero-order valence-electron chi connectivity index (χ0n) is 16.7. The molecule has 2 heterocycles. The largest absolute Gasteiger partial charge is 0.486 e. The van der Waals surface area contributed by atoms with Crippen molar-refractivity contribution < 1.29 is 18.7 Å². The Hall–Kier alpha value is -2.47. The lowest BCUT2D eigenvalue weighted by atomic mass is 9.90. The van der Waals surface area contributed by atoms with Gasteiger partial charge in [0.2, 0.25) is 0 Å². The van der Waals surface area contributed by atoms with Gasteiger partial charge in [-0.3, -0.25) is 9.69 Å². The van der Waals surface area contributed by atoms with Crippen LogP contribution < -0.4 is 15.2 Å². The summed E-state index contributed by atoms with van der Waals surface area (Å²) in [6.07, 6.45) is 0. The van der Waals surface area contributed by atoms with E-state index < -0.39 is 5.91 Å². The molecule has 0 saturated carbocycles. The molecule has 3 rings (SSSR count). The van der Waals surface area contributed by atoms with Crippen LogP contribution in [0.4, 0.5) is 0 Å². The van der Waals surface area contributed by atoms with Crippen molar-refractivity contribution in [3.8, 4) is 11.5 Å². The van der Waals surface area contributed by atoms with Crippen LogP contribution in [0.2, 0.25) is 0 Å². The molecule has 1 aliphatic heterocycles. The Labute approximate surface area is 160 Å². The van der Waals surface area contributed by atoms with Gasteiger partial charge >= 0.3 is 0 Å². The highest BCUT2D eigenvalue weighted by Gasteiger charge is 2.27. The number of primary amides is 1. The normalized spacial score (nSPS) is 15.0. The summed E-state index contributed by atoms with van der Waals surface area (Å²) in [5.41, 5.74) is 7.31. The minimum absolute atomic E-state index is 0.139. The maximum Gasteiger partial charge on any atom is 0.284 e. The summed E-state index contributed by atoms with van der Waals surface area (Å²) < 4.78 is 17.1. The van der Waals surface area contributed by atoms with Crippen molar-refractivity contribution in [1.29, 1.82) is 0 Å². The summed E-state index contributed by atoms with van der Waals surface area (Å²) in [5.74, 6) is 2.02. The second kappa shape index (κ2) is 7.27. The predicted octanol–water partition coefficient (Wildman–Crippen LogP) is 3.64. The third-order valence-electron chi connectivity index (χ3n) is 4.86. The average Bonchev–Trinajstić information content (AvgIpc) is 3.05. The van der Waals surface area contributed by atoms with Crippen molar-refractivity contribution in [2.75, 3.05) is 20.3 Å². The van der Waals surface area contributed by atoms with Gasteiger partial charge in [0.05, 0.1) is 0 Å². The zero-order chi connectivity index (χ0) is 19.8. The van der Waals surface area contributed by atoms with E-state index in [4.69, 9.17) is 19.6 Å². The maximum absolute atomic E-state index is 11.6. The van der Waals surface area contributed by atoms with Gasteiger partial charge in [-0.25, -0.2) is 0 Å². The zero-order valence-corrected chi connectivity index (χ0v) is 16.7. The average molecular weight is 372 g/mol. The smallest absolute Gasteiger partial charge is 0.284 e. The van der Waals surface area contributed by atoms with Crippen molar-refractivity contribution in [2.45, 2.75) is 45.7 Å². The molecule has 6 nitrogen and oxygen atoms in total. The minimum atomic E-state index is -0.547. The van der Waals surface area contributed by atoms with Crippen LogP contribution in [0.25, 0.3) is 0 Å². The molecule has 2 aromatic rings. The van der Waals surface area contributed by atoms with Gasteiger partial charge in [0.25, 0.3) is 5.91 Å². The van der Waals surface area contributed by atoms with Crippen LogP contribution in [0, 0.1) is 0 Å². The van der Waals surface area contributed by atoms with E-state index in [1.54, 1.807) is 6.07 Å². The number of hydrogen-bond acceptors (Lipinski definition) is 5. The van der Waals surface area contributed by atoms with E-state index in [0.717, 1.165) is 28.4 Å². The van der Waals surface area contributed by atoms with Crippen molar-refractivity contribution in [3.05, 3.63) is 46.9 Å². The van der Waals surface area contributed by atoms with E-state index in [9.17, 15) is 4.79 Å². The van der Waals surface area contributed by atoms with E-state index in [2.05, 4.69) is 38.7 Å². The fourth-order valence-corrected chi connectivity index (χ4v) is 3.28. The molecule has 0 saturated heterocycles. The number of fused-ring (bicyclic) bond motifs is 1. The standard InChI is InChI=1S/C21H28N2O4/c1-13(14-6-7-16-17(10-14)26-9-8-25-16)23(5)12-15-11-18(20(22)24)27-19(15)21(2,3)4/h6-7,10-11,13H,8-9,12H2,1-5H3,(H2,22,24). The van der Waals surface area contributed by atoms with Gasteiger partial charge in [-0.05, 0) is 37.7 Å². The van der Waals surface area contributed by atoms with Gasteiger partial charge in [0, 0.05) is 23.6 Å². The van der Waals surface area contributed by atoms with Crippen LogP contribution in [0.5, 0.6) is 11.5 Å². The Bertz CT molecular complexity index is 835. The fourth-order valence-electron chi connectivity index (χ4n) is 3.28. The van der Waals surface area contributed by atoms with Crippen molar-refractivity contribution >= 4 is 5.91 Å². The Balaban J connectivity index is 1.82. The summed E-state index contributed by atoms with van der Waals surface area (Å²) in [5, 5.41) is 0. The molecule has 1 atom stereocenters. The molecule has 1 aromatic carbocycles. The third-order valence-corrected chi connectivity index (χ3v) is 4.86. The summed E-state index contributed by atoms with van der Waals surface area (Å²) in [6, 6.07) is 7.95. The number of hydrogen-bond donors (Lipinski definition) is 1. The second-order valence-electron chi connectivity index (χ2n) is 8.07. The highest BCUT2D eigenvalue weighted by molar-refractivity contribution is 5.90. The Morgan fingerprint density at radius 2 is 1.85 bits per heavy atom. The van der Waals surface area contributed by atoms with E-state index in [-0.39, 0.29) is 17.2 Å². The summed E-state index contributed by atoms with van der Waals surface area (Å²) >= 11 is 0. The maximum atomic E-state index is 11.6. The third kappa shape index (κ3) is 4.11. The van der Waals surface area contributed by atoms with Crippen LogP contribution >= 0.6 is 0 Å². The first-order valence-electron chi connectivity index (χ1n) is 9.19. The number of carbonyl (C=O) groups is 1. The molecule has 1 amide bonds. The number of benzene rings is 1. The van der Waals surface area contributed by atoms with Gasteiger partial charge < -0.3 is 19.6 Å². The minimum Gasteiger partial charge on any atom is -0.486 e. The molecule has 0 bridgehead atoms. The number of nitrogens with two attached hydrogens (primary N) is 1. The lowest BCUT2D eigenvalue weighted by Crippen LogP contribution is -2.24. The van der Waals surface area contributed by atoms with Crippen molar-refractivity contribution in [3.63, 3.8) is 0 Å². The second-order valence-corrected chi connectivity index (χ2v) is 8.07. The summed E-state index contributed by atoms with van der Waals surface area (Å²) in [6.45, 7) is 10.1. The Morgan fingerprint density at radius 1 is 1.19 bits per heavy atom. The molecule has 0 fully saturated rings. The molecule has 6 heteroatoms. The first kappa shape index (κ1) is 19.3. The predicted molar refractivity (Wildman–Crippen MR) is 103 cm³/mol. The molecule has 0 aliphatic carbocycles. The summed E-state index contributed by atoms with van der Waals surface area (Å²) in [7, 11) is 2.05. The lowest BCUT2D eigenvalue weighted by Gasteiger charge is -2.27. The van der Waals surface area contributed by atoms with Crippen molar-refractivity contribution in [2.24, 2.45) is 5.73 Å². The van der Waals surface area contributed by atoms with Crippen molar-refractivity contribution in [1.82, 2.24) is 4.90 Å². The summed E-state index contributed by atoms with van der Waals surface area (Å²) in [4.78, 5) is 13.8.